The van der Waals surface area contributed by atoms with Gasteiger partial charge >= 0.3 is 0 Å². The Bertz CT molecular complexity index is 1120. The maximum atomic E-state index is 13.8. The fraction of sp³-hybridized carbons (Fsp3) is 0.333. The van der Waals surface area contributed by atoms with E-state index in [2.05, 4.69) is 33.8 Å². The summed E-state index contributed by atoms with van der Waals surface area (Å²) in [5.41, 5.74) is 2.40. The predicted molar refractivity (Wildman–Crippen MR) is 123 cm³/mol. The van der Waals surface area contributed by atoms with Crippen LogP contribution in [0.2, 0.25) is 0 Å². The number of nitriles is 1. The second-order valence-electron chi connectivity index (χ2n) is 6.85. The van der Waals surface area contributed by atoms with Gasteiger partial charge in [-0.2, -0.15) is 5.26 Å². The molecule has 162 valence electrons. The molecule has 0 aliphatic rings. The van der Waals surface area contributed by atoms with Gasteiger partial charge in [-0.25, -0.2) is 4.39 Å². The van der Waals surface area contributed by atoms with Crippen molar-refractivity contribution in [2.24, 2.45) is 0 Å². The first-order valence-electron chi connectivity index (χ1n) is 9.82. The number of halogens is 1. The largest absolute Gasteiger partial charge is 0.360 e. The van der Waals surface area contributed by atoms with Crippen molar-refractivity contribution in [3.8, 4) is 11.8 Å². The number of unbranched alkanes of at least 4 members (excludes halogenated alkanes) is 1. The third-order valence-corrected chi connectivity index (χ3v) is 6.70. The van der Waals surface area contributed by atoms with Crippen LogP contribution in [0, 0.1) is 31.0 Å². The van der Waals surface area contributed by atoms with Crippen LogP contribution in [0.5, 0.6) is 0 Å². The number of carbonyl (C=O) groups excluding carboxylic acids is 1. The smallest absolute Gasteiger partial charge is 0.235 e. The molecule has 0 saturated carbocycles. The van der Waals surface area contributed by atoms with Crippen molar-refractivity contribution in [3.05, 3.63) is 46.9 Å². The van der Waals surface area contributed by atoms with Crippen molar-refractivity contribution in [3.63, 3.8) is 0 Å². The predicted octanol–water partition coefficient (Wildman–Crippen LogP) is 4.90. The second kappa shape index (κ2) is 10.4. The van der Waals surface area contributed by atoms with Crippen LogP contribution in [0.25, 0.3) is 5.69 Å². The van der Waals surface area contributed by atoms with Crippen LogP contribution in [0.1, 0.15) is 36.6 Å². The second-order valence-corrected chi connectivity index (χ2v) is 9.05. The molecule has 3 aromatic rings. The molecule has 3 rings (SSSR count). The van der Waals surface area contributed by atoms with Crippen LogP contribution < -0.4 is 10.6 Å². The summed E-state index contributed by atoms with van der Waals surface area (Å²) < 4.78 is 16.2. The van der Waals surface area contributed by atoms with Crippen LogP contribution in [0.3, 0.4) is 0 Å². The number of hydrogen-bond donors (Lipinski definition) is 2. The van der Waals surface area contributed by atoms with Gasteiger partial charge < -0.3 is 10.6 Å². The summed E-state index contributed by atoms with van der Waals surface area (Å²) in [6.45, 7) is 6.60. The molecule has 10 heteroatoms. The van der Waals surface area contributed by atoms with Gasteiger partial charge in [0.1, 0.15) is 17.7 Å². The molecule has 1 aromatic carbocycles. The summed E-state index contributed by atoms with van der Waals surface area (Å²) in [5.74, 6) is -0.226. The van der Waals surface area contributed by atoms with Gasteiger partial charge in [0.25, 0.3) is 0 Å². The minimum Gasteiger partial charge on any atom is -0.360 e. The van der Waals surface area contributed by atoms with E-state index in [1.807, 2.05) is 13.8 Å². The van der Waals surface area contributed by atoms with Gasteiger partial charge in [0, 0.05) is 12.2 Å². The first-order chi connectivity index (χ1) is 14.9. The molecule has 2 N–H and O–H groups in total. The molecular formula is C21H23FN6OS2. The lowest BCUT2D eigenvalue weighted by Gasteiger charge is -2.13. The van der Waals surface area contributed by atoms with Crippen molar-refractivity contribution >= 4 is 40.0 Å². The average Bonchev–Trinajstić information content (AvgIpc) is 3.29. The number of thioether (sulfide) groups is 1. The Labute approximate surface area is 188 Å². The number of amides is 1. The number of aromatic nitrogens is 3. The van der Waals surface area contributed by atoms with E-state index in [-0.39, 0.29) is 11.7 Å². The minimum atomic E-state index is -0.394. The number of hydrogen-bond acceptors (Lipinski definition) is 7. The molecule has 0 bridgehead atoms. The first kappa shape index (κ1) is 22.8. The van der Waals surface area contributed by atoms with E-state index < -0.39 is 5.82 Å². The number of benzene rings is 1. The van der Waals surface area contributed by atoms with E-state index in [9.17, 15) is 14.4 Å². The molecule has 0 saturated heterocycles. The Morgan fingerprint density at radius 2 is 2.16 bits per heavy atom. The van der Waals surface area contributed by atoms with Crippen LogP contribution in [-0.4, -0.2) is 33.0 Å². The Morgan fingerprint density at radius 3 is 2.87 bits per heavy atom. The SMILES string of the molecule is CCCCNc1nnc(SCC(=O)Nc2c(C#N)c(C)c(C)n2-c2cccc(F)c2)s1. The standard InChI is InChI=1S/C21H23FN6OS2/c1-4-5-9-24-20-26-27-21(31-20)30-12-18(29)25-19-17(11-23)13(2)14(3)28(19)16-8-6-7-15(22)10-16/h6-8,10H,4-5,9,12H2,1-3H3,(H,24,26)(H,25,29). The number of nitrogens with zero attached hydrogens (tertiary/aromatic N) is 4. The monoisotopic (exact) mass is 458 g/mol. The third-order valence-electron chi connectivity index (χ3n) is 4.69. The molecule has 0 spiro atoms. The lowest BCUT2D eigenvalue weighted by Crippen LogP contribution is -2.17. The Hall–Kier alpha value is -2.90. The molecular weight excluding hydrogens is 435 g/mol. The van der Waals surface area contributed by atoms with Crippen LogP contribution in [0.15, 0.2) is 28.6 Å². The van der Waals surface area contributed by atoms with E-state index in [1.165, 1.54) is 35.2 Å². The van der Waals surface area contributed by atoms with Gasteiger partial charge in [-0.05, 0) is 44.0 Å². The van der Waals surface area contributed by atoms with Crippen LogP contribution >= 0.6 is 23.1 Å². The van der Waals surface area contributed by atoms with Gasteiger partial charge in [-0.1, -0.05) is 42.5 Å². The maximum absolute atomic E-state index is 13.8. The van der Waals surface area contributed by atoms with Crippen molar-refractivity contribution in [2.75, 3.05) is 22.9 Å². The average molecular weight is 459 g/mol. The van der Waals surface area contributed by atoms with Crippen molar-refractivity contribution < 1.29 is 9.18 Å². The fourth-order valence-electron chi connectivity index (χ4n) is 3.01. The molecule has 2 aromatic heterocycles. The molecule has 31 heavy (non-hydrogen) atoms. The Morgan fingerprint density at radius 1 is 1.35 bits per heavy atom. The van der Waals surface area contributed by atoms with Crippen LogP contribution in [-0.2, 0) is 4.79 Å². The van der Waals surface area contributed by atoms with E-state index in [1.54, 1.807) is 16.7 Å². The van der Waals surface area contributed by atoms with E-state index in [0.29, 0.717) is 21.4 Å². The zero-order chi connectivity index (χ0) is 22.4. The Kier molecular flexibility index (Phi) is 7.65. The first-order valence-corrected chi connectivity index (χ1v) is 11.6. The number of nitrogens with one attached hydrogen (secondary N) is 2. The summed E-state index contributed by atoms with van der Waals surface area (Å²) in [4.78, 5) is 12.7. The zero-order valence-corrected chi connectivity index (χ0v) is 19.2. The fourth-order valence-corrected chi connectivity index (χ4v) is 4.58. The van der Waals surface area contributed by atoms with Gasteiger partial charge in [0.15, 0.2) is 4.34 Å². The van der Waals surface area contributed by atoms with Crippen molar-refractivity contribution in [1.82, 2.24) is 14.8 Å². The van der Waals surface area contributed by atoms with E-state index in [4.69, 9.17) is 0 Å². The molecule has 7 nitrogen and oxygen atoms in total. The molecule has 0 fully saturated rings. The maximum Gasteiger partial charge on any atom is 0.235 e. The van der Waals surface area contributed by atoms with E-state index >= 15 is 0 Å². The topological polar surface area (TPSA) is 95.6 Å². The lowest BCUT2D eigenvalue weighted by molar-refractivity contribution is -0.113. The number of carbonyl (C=O) groups is 1. The Balaban J connectivity index is 1.74. The number of rotatable bonds is 9. The molecule has 0 aliphatic carbocycles. The molecule has 0 aliphatic heterocycles. The van der Waals surface area contributed by atoms with Crippen molar-refractivity contribution in [1.29, 1.82) is 5.26 Å². The third kappa shape index (κ3) is 5.42. The summed E-state index contributed by atoms with van der Waals surface area (Å²) in [6, 6.07) is 8.19. The molecule has 1 amide bonds. The molecule has 0 radical (unpaired) electrons. The quantitative estimate of drug-likeness (QED) is 0.350. The summed E-state index contributed by atoms with van der Waals surface area (Å²) >= 11 is 2.67. The van der Waals surface area contributed by atoms with Gasteiger partial charge in [0.05, 0.1) is 17.0 Å². The van der Waals surface area contributed by atoms with Crippen molar-refractivity contribution in [2.45, 2.75) is 38.0 Å². The van der Waals surface area contributed by atoms with Gasteiger partial charge in [0.2, 0.25) is 11.0 Å². The summed E-state index contributed by atoms with van der Waals surface area (Å²) in [5, 5.41) is 24.6. The number of anilines is 2. The van der Waals surface area contributed by atoms with Crippen LogP contribution in [0.4, 0.5) is 15.3 Å². The summed E-state index contributed by atoms with van der Waals surface area (Å²) in [6.07, 6.45) is 2.14. The lowest BCUT2D eigenvalue weighted by atomic mass is 10.2. The zero-order valence-electron chi connectivity index (χ0n) is 17.5. The highest BCUT2D eigenvalue weighted by molar-refractivity contribution is 8.01. The molecule has 0 atom stereocenters. The highest BCUT2D eigenvalue weighted by Crippen LogP contribution is 2.31. The molecule has 0 unspecified atom stereocenters. The minimum absolute atomic E-state index is 0.112. The van der Waals surface area contributed by atoms with Gasteiger partial charge in [-0.3, -0.25) is 9.36 Å². The molecule has 2 heterocycles. The normalized spacial score (nSPS) is 10.7. The van der Waals surface area contributed by atoms with Gasteiger partial charge in [-0.15, -0.1) is 10.2 Å². The highest BCUT2D eigenvalue weighted by atomic mass is 32.2. The van der Waals surface area contributed by atoms with E-state index in [0.717, 1.165) is 35.8 Å². The summed E-state index contributed by atoms with van der Waals surface area (Å²) in [7, 11) is 0. The highest BCUT2D eigenvalue weighted by Gasteiger charge is 2.21.